The van der Waals surface area contributed by atoms with Crippen LogP contribution in [-0.2, 0) is 6.42 Å². The molecule has 0 bridgehead atoms. The molecule has 0 spiro atoms. The first kappa shape index (κ1) is 23.0. The van der Waals surface area contributed by atoms with E-state index >= 15 is 0 Å². The maximum atomic E-state index is 13.1. The Morgan fingerprint density at radius 1 is 1.00 bits per heavy atom. The Morgan fingerprint density at radius 2 is 1.82 bits per heavy atom. The number of benzene rings is 2. The minimum atomic E-state index is -0.295. The third-order valence-corrected chi connectivity index (χ3v) is 5.58. The molecular weight excluding hydrogens is 430 g/mol. The molecule has 1 amide bonds. The van der Waals surface area contributed by atoms with Gasteiger partial charge in [0.05, 0.1) is 17.0 Å². The van der Waals surface area contributed by atoms with Crippen molar-refractivity contribution >= 4 is 11.6 Å². The van der Waals surface area contributed by atoms with Gasteiger partial charge in [0.1, 0.15) is 17.8 Å². The highest BCUT2D eigenvalue weighted by molar-refractivity contribution is 6.08. The molecular formula is C26H27N5O3. The molecule has 2 aromatic carbocycles. The van der Waals surface area contributed by atoms with Gasteiger partial charge in [0.2, 0.25) is 0 Å². The van der Waals surface area contributed by atoms with Crippen LogP contribution < -0.4 is 4.90 Å². The Hall–Kier alpha value is -4.20. The van der Waals surface area contributed by atoms with Gasteiger partial charge in [-0.3, -0.25) is 9.36 Å². The molecule has 0 aliphatic carbocycles. The fourth-order valence-electron chi connectivity index (χ4n) is 3.98. The maximum absolute atomic E-state index is 13.1. The molecule has 0 atom stereocenters. The Balaban J connectivity index is 0.00000133. The van der Waals surface area contributed by atoms with Crippen molar-refractivity contribution < 1.29 is 15.0 Å². The van der Waals surface area contributed by atoms with Crippen LogP contribution in [0.4, 0.5) is 5.69 Å². The van der Waals surface area contributed by atoms with Gasteiger partial charge >= 0.3 is 0 Å². The Labute approximate surface area is 198 Å². The van der Waals surface area contributed by atoms with Crippen LogP contribution in [0.3, 0.4) is 0 Å². The number of aromatic hydroxyl groups is 2. The minimum absolute atomic E-state index is 0.0852. The number of nitrogens with zero attached hydrogens (tertiary/aromatic N) is 5. The van der Waals surface area contributed by atoms with Gasteiger partial charge in [-0.2, -0.15) is 0 Å². The highest BCUT2D eigenvalue weighted by atomic mass is 16.3. The van der Waals surface area contributed by atoms with Crippen LogP contribution in [0, 0.1) is 6.92 Å². The lowest BCUT2D eigenvalue weighted by molar-refractivity contribution is 0.0982. The van der Waals surface area contributed by atoms with Crippen LogP contribution in [-0.4, -0.2) is 42.4 Å². The molecule has 1 aliphatic heterocycles. The number of hydrogen-bond donors (Lipinski definition) is 2. The van der Waals surface area contributed by atoms with Crippen molar-refractivity contribution in [2.45, 2.75) is 33.6 Å². The number of imidazole rings is 1. The van der Waals surface area contributed by atoms with E-state index in [0.29, 0.717) is 12.4 Å². The fourth-order valence-corrected chi connectivity index (χ4v) is 3.98. The van der Waals surface area contributed by atoms with Gasteiger partial charge in [-0.15, -0.1) is 10.2 Å². The smallest absolute Gasteiger partial charge is 0.262 e. The van der Waals surface area contributed by atoms with E-state index in [2.05, 4.69) is 15.2 Å². The van der Waals surface area contributed by atoms with Crippen molar-refractivity contribution in [2.24, 2.45) is 0 Å². The summed E-state index contributed by atoms with van der Waals surface area (Å²) >= 11 is 0. The van der Waals surface area contributed by atoms with Crippen molar-refractivity contribution in [2.75, 3.05) is 11.4 Å². The van der Waals surface area contributed by atoms with E-state index in [-0.39, 0.29) is 23.0 Å². The van der Waals surface area contributed by atoms with Gasteiger partial charge in [-0.25, -0.2) is 4.98 Å². The molecule has 0 fully saturated rings. The van der Waals surface area contributed by atoms with E-state index in [1.807, 2.05) is 61.9 Å². The highest BCUT2D eigenvalue weighted by Gasteiger charge is 2.26. The van der Waals surface area contributed by atoms with E-state index in [9.17, 15) is 15.0 Å². The van der Waals surface area contributed by atoms with Crippen LogP contribution in [0.1, 0.15) is 41.9 Å². The quantitative estimate of drug-likeness (QED) is 0.463. The summed E-state index contributed by atoms with van der Waals surface area (Å²) in [6.45, 7) is 6.48. The summed E-state index contributed by atoms with van der Waals surface area (Å²) in [5.41, 5.74) is 4.59. The standard InChI is InChI=1S/C24H21N5O3.C2H6/c1-15-13-28(14-25-15)23-9-7-20(26-27-23)16-4-8-21-17(11-16)3-2-10-29(21)24(32)19-6-5-18(30)12-22(19)31;1-2/h4-9,11-14,30-31H,2-3,10H2,1H3;1-2H3. The predicted molar refractivity (Wildman–Crippen MR) is 130 cm³/mol. The van der Waals surface area contributed by atoms with Gasteiger partial charge in [-0.05, 0) is 61.7 Å². The third-order valence-electron chi connectivity index (χ3n) is 5.58. The number of aryl methyl sites for hydroxylation is 2. The zero-order chi connectivity index (χ0) is 24.2. The summed E-state index contributed by atoms with van der Waals surface area (Å²) in [6, 6.07) is 13.7. The number of rotatable bonds is 3. The molecule has 0 saturated heterocycles. The Morgan fingerprint density at radius 3 is 2.50 bits per heavy atom. The summed E-state index contributed by atoms with van der Waals surface area (Å²) in [4.78, 5) is 19.0. The molecule has 2 N–H and O–H groups in total. The normalized spacial score (nSPS) is 12.5. The first-order chi connectivity index (χ1) is 16.5. The first-order valence-electron chi connectivity index (χ1n) is 11.3. The van der Waals surface area contributed by atoms with E-state index < -0.39 is 0 Å². The Kier molecular flexibility index (Phi) is 6.58. The summed E-state index contributed by atoms with van der Waals surface area (Å²) in [5.74, 6) is 0.0778. The molecule has 8 heteroatoms. The molecule has 0 unspecified atom stereocenters. The topological polar surface area (TPSA) is 104 Å². The van der Waals surface area contributed by atoms with Crippen molar-refractivity contribution in [1.82, 2.24) is 19.7 Å². The number of phenolic OH excluding ortho intramolecular Hbond substituents is 2. The zero-order valence-electron chi connectivity index (χ0n) is 19.4. The number of carbonyl (C=O) groups is 1. The van der Waals surface area contributed by atoms with Crippen LogP contribution in [0.2, 0.25) is 0 Å². The van der Waals surface area contributed by atoms with Crippen LogP contribution in [0.15, 0.2) is 61.1 Å². The molecule has 4 aromatic rings. The molecule has 1 aliphatic rings. The lowest BCUT2D eigenvalue weighted by Gasteiger charge is -2.30. The van der Waals surface area contributed by atoms with E-state index in [1.165, 1.54) is 18.2 Å². The summed E-state index contributed by atoms with van der Waals surface area (Å²) < 4.78 is 1.82. The third kappa shape index (κ3) is 4.47. The molecule has 34 heavy (non-hydrogen) atoms. The van der Waals surface area contributed by atoms with E-state index in [4.69, 9.17) is 0 Å². The highest BCUT2D eigenvalue weighted by Crippen LogP contribution is 2.33. The second kappa shape index (κ2) is 9.74. The number of carbonyl (C=O) groups excluding carboxylic acids is 1. The van der Waals surface area contributed by atoms with Gasteiger partial charge in [0.15, 0.2) is 5.82 Å². The molecule has 5 rings (SSSR count). The van der Waals surface area contributed by atoms with Crippen molar-refractivity contribution in [3.63, 3.8) is 0 Å². The average molecular weight is 458 g/mol. The van der Waals surface area contributed by atoms with Gasteiger partial charge in [0.25, 0.3) is 5.91 Å². The number of anilines is 1. The van der Waals surface area contributed by atoms with Crippen LogP contribution in [0.25, 0.3) is 17.1 Å². The fraction of sp³-hybridized carbons (Fsp3) is 0.231. The molecule has 174 valence electrons. The van der Waals surface area contributed by atoms with Crippen molar-refractivity contribution in [1.29, 1.82) is 0 Å². The van der Waals surface area contributed by atoms with Gasteiger partial charge in [0, 0.05) is 30.1 Å². The molecule has 2 aromatic heterocycles. The number of aromatic nitrogens is 4. The largest absolute Gasteiger partial charge is 0.508 e. The Bertz CT molecular complexity index is 1310. The van der Waals surface area contributed by atoms with Gasteiger partial charge < -0.3 is 15.1 Å². The zero-order valence-corrected chi connectivity index (χ0v) is 19.4. The average Bonchev–Trinajstić information content (AvgIpc) is 3.30. The van der Waals surface area contributed by atoms with Crippen LogP contribution in [0.5, 0.6) is 11.5 Å². The second-order valence-corrected chi connectivity index (χ2v) is 7.80. The first-order valence-corrected chi connectivity index (χ1v) is 11.3. The SMILES string of the molecule is CC.Cc1cn(-c2ccc(-c3ccc4c(c3)CCCN4C(=O)c3ccc(O)cc3O)nn2)cn1. The second-order valence-electron chi connectivity index (χ2n) is 7.80. The number of hydrogen-bond acceptors (Lipinski definition) is 6. The van der Waals surface area contributed by atoms with E-state index in [1.54, 1.807) is 11.2 Å². The molecule has 8 nitrogen and oxygen atoms in total. The summed E-state index contributed by atoms with van der Waals surface area (Å²) in [5, 5.41) is 28.3. The number of amides is 1. The minimum Gasteiger partial charge on any atom is -0.508 e. The van der Waals surface area contributed by atoms with Crippen LogP contribution >= 0.6 is 0 Å². The monoisotopic (exact) mass is 457 g/mol. The van der Waals surface area contributed by atoms with Crippen molar-refractivity contribution in [3.05, 3.63) is 77.9 Å². The molecule has 0 radical (unpaired) electrons. The molecule has 3 heterocycles. The predicted octanol–water partition coefficient (Wildman–Crippen LogP) is 4.67. The van der Waals surface area contributed by atoms with E-state index in [0.717, 1.165) is 41.0 Å². The van der Waals surface area contributed by atoms with Crippen molar-refractivity contribution in [3.8, 4) is 28.6 Å². The summed E-state index contributed by atoms with van der Waals surface area (Å²) in [6.07, 6.45) is 5.25. The number of fused-ring (bicyclic) bond motifs is 1. The number of phenols is 2. The van der Waals surface area contributed by atoms with Gasteiger partial charge in [-0.1, -0.05) is 19.9 Å². The lowest BCUT2D eigenvalue weighted by Crippen LogP contribution is -2.35. The maximum Gasteiger partial charge on any atom is 0.262 e. The molecule has 0 saturated carbocycles. The lowest BCUT2D eigenvalue weighted by atomic mass is 9.97. The summed E-state index contributed by atoms with van der Waals surface area (Å²) in [7, 11) is 0.